The van der Waals surface area contributed by atoms with Gasteiger partial charge in [0.2, 0.25) is 0 Å². The Morgan fingerprint density at radius 2 is 1.79 bits per heavy atom. The van der Waals surface area contributed by atoms with E-state index in [2.05, 4.69) is 10.6 Å². The van der Waals surface area contributed by atoms with Crippen molar-refractivity contribution < 1.29 is 49.2 Å². The number of carbonyl (C=O) groups is 2. The van der Waals surface area contributed by atoms with E-state index in [9.17, 15) is 24.8 Å². The number of nitrogens with one attached hydrogen (secondary N) is 2. The fraction of sp³-hybridized carbons (Fsp3) is 0.200. The SMILES string of the molecule is CC(NC(=O)Nc1ccc([N+](=O)[O-])cc1)C(=O)[O-].[Na+]. The van der Waals surface area contributed by atoms with Crippen LogP contribution in [0.5, 0.6) is 0 Å². The van der Waals surface area contributed by atoms with E-state index in [-0.39, 0.29) is 35.2 Å². The van der Waals surface area contributed by atoms with Crippen LogP contribution in [0.2, 0.25) is 0 Å². The average molecular weight is 275 g/mol. The molecule has 2 N–H and O–H groups in total. The van der Waals surface area contributed by atoms with Crippen LogP contribution in [-0.2, 0) is 4.79 Å². The van der Waals surface area contributed by atoms with Crippen LogP contribution in [0.3, 0.4) is 0 Å². The fourth-order valence-corrected chi connectivity index (χ4v) is 1.09. The first-order valence-corrected chi connectivity index (χ1v) is 4.93. The monoisotopic (exact) mass is 275 g/mol. The zero-order valence-corrected chi connectivity index (χ0v) is 12.4. The number of urea groups is 1. The fourth-order valence-electron chi connectivity index (χ4n) is 1.09. The molecular weight excluding hydrogens is 265 g/mol. The molecule has 1 atom stereocenters. The molecule has 8 nitrogen and oxygen atoms in total. The van der Waals surface area contributed by atoms with Gasteiger partial charge in [-0.2, -0.15) is 0 Å². The molecule has 0 aromatic heterocycles. The molecule has 9 heteroatoms. The first kappa shape index (κ1) is 17.4. The number of non-ortho nitro benzene ring substituents is 1. The minimum atomic E-state index is -1.41. The quantitative estimate of drug-likeness (QED) is 0.341. The Kier molecular flexibility index (Phi) is 7.05. The number of rotatable bonds is 4. The number of nitro benzene ring substituents is 1. The maximum Gasteiger partial charge on any atom is 1.00 e. The summed E-state index contributed by atoms with van der Waals surface area (Å²) in [5, 5.41) is 25.2. The van der Waals surface area contributed by atoms with E-state index in [1.807, 2.05) is 0 Å². The summed E-state index contributed by atoms with van der Waals surface area (Å²) in [4.78, 5) is 31.5. The number of aliphatic carboxylic acids is 1. The van der Waals surface area contributed by atoms with Crippen molar-refractivity contribution in [2.45, 2.75) is 13.0 Å². The van der Waals surface area contributed by atoms with Gasteiger partial charge in [0.15, 0.2) is 0 Å². The first-order chi connectivity index (χ1) is 8.40. The molecule has 1 aromatic carbocycles. The summed E-state index contributed by atoms with van der Waals surface area (Å²) >= 11 is 0. The van der Waals surface area contributed by atoms with E-state index in [1.165, 1.54) is 31.2 Å². The molecule has 0 spiro atoms. The van der Waals surface area contributed by atoms with Crippen LogP contribution < -0.4 is 45.3 Å². The Morgan fingerprint density at radius 3 is 2.21 bits per heavy atom. The molecule has 0 heterocycles. The van der Waals surface area contributed by atoms with Gasteiger partial charge in [0.1, 0.15) is 0 Å². The van der Waals surface area contributed by atoms with E-state index < -0.39 is 23.0 Å². The summed E-state index contributed by atoms with van der Waals surface area (Å²) in [5.74, 6) is -1.41. The Hall–Kier alpha value is -1.64. The van der Waals surface area contributed by atoms with Crippen LogP contribution in [0.15, 0.2) is 24.3 Å². The zero-order valence-electron chi connectivity index (χ0n) is 10.4. The van der Waals surface area contributed by atoms with Crippen molar-refractivity contribution >= 4 is 23.4 Å². The third-order valence-electron chi connectivity index (χ3n) is 2.04. The van der Waals surface area contributed by atoms with Gasteiger partial charge in [-0.15, -0.1) is 0 Å². The molecule has 0 radical (unpaired) electrons. The summed E-state index contributed by atoms with van der Waals surface area (Å²) in [6.45, 7) is 1.25. The predicted molar refractivity (Wildman–Crippen MR) is 59.7 cm³/mol. The molecule has 0 fully saturated rings. The van der Waals surface area contributed by atoms with Crippen molar-refractivity contribution in [3.8, 4) is 0 Å². The maximum atomic E-state index is 11.3. The Balaban J connectivity index is 0.00000324. The Bertz CT molecular complexity index is 477. The summed E-state index contributed by atoms with van der Waals surface area (Å²) < 4.78 is 0. The normalized spacial score (nSPS) is 10.8. The third kappa shape index (κ3) is 5.69. The van der Waals surface area contributed by atoms with Crippen molar-refractivity contribution in [1.82, 2.24) is 5.32 Å². The molecule has 1 aromatic rings. The van der Waals surface area contributed by atoms with Crippen molar-refractivity contribution in [2.75, 3.05) is 5.32 Å². The van der Waals surface area contributed by atoms with Crippen molar-refractivity contribution in [2.24, 2.45) is 0 Å². The molecule has 0 aliphatic rings. The van der Waals surface area contributed by atoms with Gasteiger partial charge >= 0.3 is 35.6 Å². The molecule has 96 valence electrons. The summed E-state index contributed by atoms with van der Waals surface area (Å²) in [6, 6.07) is 3.24. The number of nitro groups is 1. The number of amides is 2. The molecule has 2 amide bonds. The Labute approximate surface area is 130 Å². The largest absolute Gasteiger partial charge is 1.00 e. The number of anilines is 1. The molecule has 19 heavy (non-hydrogen) atoms. The van der Waals surface area contributed by atoms with Gasteiger partial charge < -0.3 is 20.5 Å². The van der Waals surface area contributed by atoms with Crippen LogP contribution >= 0.6 is 0 Å². The van der Waals surface area contributed by atoms with Crippen LogP contribution in [0.1, 0.15) is 6.92 Å². The number of carboxylic acids is 1. The second kappa shape index (κ2) is 7.72. The Morgan fingerprint density at radius 1 is 1.26 bits per heavy atom. The van der Waals surface area contributed by atoms with E-state index in [4.69, 9.17) is 0 Å². The zero-order chi connectivity index (χ0) is 13.7. The number of nitrogens with zero attached hydrogens (tertiary/aromatic N) is 1. The van der Waals surface area contributed by atoms with Gasteiger partial charge in [0.05, 0.1) is 16.9 Å². The van der Waals surface area contributed by atoms with Gasteiger partial charge in [-0.25, -0.2) is 4.79 Å². The molecule has 1 unspecified atom stereocenters. The van der Waals surface area contributed by atoms with E-state index in [0.717, 1.165) is 0 Å². The van der Waals surface area contributed by atoms with Crippen molar-refractivity contribution in [3.63, 3.8) is 0 Å². The van der Waals surface area contributed by atoms with Crippen molar-refractivity contribution in [1.29, 1.82) is 0 Å². The number of carbonyl (C=O) groups excluding carboxylic acids is 2. The standard InChI is InChI=1S/C10H11N3O5.Na/c1-6(9(14)15)11-10(16)12-7-2-4-8(5-3-7)13(17)18;/h2-6H,1H3,(H,14,15)(H2,11,12,16);/q;+1/p-1. The minimum Gasteiger partial charge on any atom is -0.548 e. The maximum absolute atomic E-state index is 11.3. The smallest absolute Gasteiger partial charge is 0.548 e. The van der Waals surface area contributed by atoms with Crippen LogP contribution in [-0.4, -0.2) is 23.0 Å². The predicted octanol–water partition coefficient (Wildman–Crippen LogP) is -3.14. The molecular formula is C10H10N3NaO5. The molecule has 0 saturated carbocycles. The van der Waals surface area contributed by atoms with Gasteiger partial charge in [0, 0.05) is 17.8 Å². The van der Waals surface area contributed by atoms with E-state index in [0.29, 0.717) is 5.69 Å². The van der Waals surface area contributed by atoms with Gasteiger partial charge in [-0.05, 0) is 19.1 Å². The van der Waals surface area contributed by atoms with Crippen LogP contribution in [0.25, 0.3) is 0 Å². The first-order valence-electron chi connectivity index (χ1n) is 4.93. The average Bonchev–Trinajstić information content (AvgIpc) is 2.29. The topological polar surface area (TPSA) is 124 Å². The second-order valence-electron chi connectivity index (χ2n) is 3.44. The van der Waals surface area contributed by atoms with Gasteiger partial charge in [0.25, 0.3) is 5.69 Å². The number of hydrogen-bond acceptors (Lipinski definition) is 5. The molecule has 0 bridgehead atoms. The molecule has 0 aliphatic carbocycles. The second-order valence-corrected chi connectivity index (χ2v) is 3.44. The van der Waals surface area contributed by atoms with E-state index in [1.54, 1.807) is 0 Å². The van der Waals surface area contributed by atoms with Crippen molar-refractivity contribution in [3.05, 3.63) is 34.4 Å². The minimum absolute atomic E-state index is 0. The number of carboxylic acid groups (broad SMARTS) is 1. The summed E-state index contributed by atoms with van der Waals surface area (Å²) in [5.41, 5.74) is 0.202. The molecule has 0 saturated heterocycles. The number of hydrogen-bond donors (Lipinski definition) is 2. The van der Waals surface area contributed by atoms with E-state index >= 15 is 0 Å². The number of benzene rings is 1. The van der Waals surface area contributed by atoms with Crippen LogP contribution in [0.4, 0.5) is 16.2 Å². The summed E-state index contributed by atoms with van der Waals surface area (Å²) in [7, 11) is 0. The molecule has 1 rings (SSSR count). The van der Waals surface area contributed by atoms with Crippen LogP contribution in [0, 0.1) is 10.1 Å². The summed E-state index contributed by atoms with van der Waals surface area (Å²) in [6.07, 6.45) is 0. The third-order valence-corrected chi connectivity index (χ3v) is 2.04. The van der Waals surface area contributed by atoms with Gasteiger partial charge in [-0.1, -0.05) is 0 Å². The van der Waals surface area contributed by atoms with Gasteiger partial charge in [-0.3, -0.25) is 10.1 Å². The molecule has 0 aliphatic heterocycles.